The lowest BCUT2D eigenvalue weighted by atomic mass is 9.68. The molecular formula is C15H29NO2. The van der Waals surface area contributed by atoms with Crippen molar-refractivity contribution in [3.8, 4) is 0 Å². The highest BCUT2D eigenvalue weighted by molar-refractivity contribution is 5.76. The number of carbonyl (C=O) groups excluding carboxylic acids is 1. The van der Waals surface area contributed by atoms with Crippen molar-refractivity contribution >= 4 is 5.97 Å². The predicted molar refractivity (Wildman–Crippen MR) is 74.4 cm³/mol. The molecule has 0 saturated heterocycles. The molecule has 1 unspecified atom stereocenters. The zero-order chi connectivity index (χ0) is 13.8. The Bertz CT molecular complexity index is 262. The molecule has 1 fully saturated rings. The molecule has 0 radical (unpaired) electrons. The first-order chi connectivity index (χ1) is 8.40. The van der Waals surface area contributed by atoms with E-state index in [1.165, 1.54) is 20.0 Å². The average molecular weight is 255 g/mol. The van der Waals surface area contributed by atoms with Crippen molar-refractivity contribution in [2.24, 2.45) is 17.3 Å². The van der Waals surface area contributed by atoms with Gasteiger partial charge < -0.3 is 10.1 Å². The fraction of sp³-hybridized carbons (Fsp3) is 0.933. The van der Waals surface area contributed by atoms with Crippen molar-refractivity contribution in [2.45, 2.75) is 59.4 Å². The molecule has 3 nitrogen and oxygen atoms in total. The van der Waals surface area contributed by atoms with E-state index in [9.17, 15) is 4.79 Å². The number of hydrogen-bond acceptors (Lipinski definition) is 3. The molecule has 0 aromatic rings. The lowest BCUT2D eigenvalue weighted by Crippen LogP contribution is -2.45. The van der Waals surface area contributed by atoms with Crippen LogP contribution < -0.4 is 5.32 Å². The molecule has 1 atom stereocenters. The molecule has 0 heterocycles. The van der Waals surface area contributed by atoms with Crippen LogP contribution in [0.1, 0.15) is 53.4 Å². The minimum Gasteiger partial charge on any atom is -0.468 e. The third kappa shape index (κ3) is 3.98. The second-order valence-electron chi connectivity index (χ2n) is 6.54. The maximum atomic E-state index is 11.8. The molecule has 3 heteroatoms. The zero-order valence-corrected chi connectivity index (χ0v) is 12.6. The summed E-state index contributed by atoms with van der Waals surface area (Å²) in [6.45, 7) is 9.82. The van der Waals surface area contributed by atoms with Crippen LogP contribution in [0.4, 0.5) is 0 Å². The smallest absolute Gasteiger partial charge is 0.323 e. The Morgan fingerprint density at radius 3 is 2.22 bits per heavy atom. The maximum absolute atomic E-state index is 11.8. The van der Waals surface area contributed by atoms with Crippen molar-refractivity contribution in [1.82, 2.24) is 5.32 Å². The van der Waals surface area contributed by atoms with Crippen LogP contribution in [0.25, 0.3) is 0 Å². The average Bonchev–Trinajstić information content (AvgIpc) is 2.34. The van der Waals surface area contributed by atoms with Crippen molar-refractivity contribution in [2.75, 3.05) is 13.7 Å². The van der Waals surface area contributed by atoms with Crippen LogP contribution in [-0.2, 0) is 9.53 Å². The highest BCUT2D eigenvalue weighted by Crippen LogP contribution is 2.40. The van der Waals surface area contributed by atoms with E-state index >= 15 is 0 Å². The topological polar surface area (TPSA) is 38.3 Å². The number of hydrogen-bond donors (Lipinski definition) is 1. The van der Waals surface area contributed by atoms with Crippen molar-refractivity contribution in [1.29, 1.82) is 0 Å². The van der Waals surface area contributed by atoms with Crippen LogP contribution in [-0.4, -0.2) is 25.7 Å². The molecule has 1 aliphatic rings. The Labute approximate surface area is 112 Å². The largest absolute Gasteiger partial charge is 0.468 e. The van der Waals surface area contributed by atoms with E-state index in [4.69, 9.17) is 4.74 Å². The Morgan fingerprint density at radius 2 is 1.83 bits per heavy atom. The molecule has 1 aliphatic carbocycles. The van der Waals surface area contributed by atoms with Crippen molar-refractivity contribution in [3.05, 3.63) is 0 Å². The molecule has 0 spiro atoms. The summed E-state index contributed by atoms with van der Waals surface area (Å²) in [5.74, 6) is 1.13. The summed E-state index contributed by atoms with van der Waals surface area (Å²) >= 11 is 0. The highest BCUT2D eigenvalue weighted by atomic mass is 16.5. The summed E-state index contributed by atoms with van der Waals surface area (Å²) in [6, 6.07) is -0.110. The first kappa shape index (κ1) is 15.5. The van der Waals surface area contributed by atoms with Crippen LogP contribution >= 0.6 is 0 Å². The number of likely N-dealkylation sites (N-methyl/N-ethyl adjacent to an activating group) is 1. The van der Waals surface area contributed by atoms with Gasteiger partial charge in [0.2, 0.25) is 0 Å². The van der Waals surface area contributed by atoms with Crippen molar-refractivity contribution in [3.63, 3.8) is 0 Å². The first-order valence-corrected chi connectivity index (χ1v) is 7.21. The molecule has 18 heavy (non-hydrogen) atoms. The first-order valence-electron chi connectivity index (χ1n) is 7.21. The summed E-state index contributed by atoms with van der Waals surface area (Å²) < 4.78 is 4.91. The molecule has 106 valence electrons. The normalized spacial score (nSPS) is 26.7. The quantitative estimate of drug-likeness (QED) is 0.785. The van der Waals surface area contributed by atoms with E-state index < -0.39 is 0 Å². The maximum Gasteiger partial charge on any atom is 0.323 e. The molecule has 0 aromatic heterocycles. The van der Waals surface area contributed by atoms with Crippen LogP contribution in [0.2, 0.25) is 0 Å². The molecule has 0 amide bonds. The summed E-state index contributed by atoms with van der Waals surface area (Å²) in [5, 5.41) is 3.28. The van der Waals surface area contributed by atoms with E-state index in [1.54, 1.807) is 0 Å². The van der Waals surface area contributed by atoms with Gasteiger partial charge in [0.05, 0.1) is 7.11 Å². The molecule has 0 aromatic carbocycles. The Morgan fingerprint density at radius 1 is 1.28 bits per heavy atom. The van der Waals surface area contributed by atoms with Crippen LogP contribution in [0.15, 0.2) is 0 Å². The molecule has 0 bridgehead atoms. The molecule has 0 aliphatic heterocycles. The monoisotopic (exact) mass is 255 g/mol. The Hall–Kier alpha value is -0.570. The second kappa shape index (κ2) is 6.55. The van der Waals surface area contributed by atoms with Crippen LogP contribution in [0.3, 0.4) is 0 Å². The summed E-state index contributed by atoms with van der Waals surface area (Å²) in [4.78, 5) is 11.8. The van der Waals surface area contributed by atoms with Gasteiger partial charge in [0.25, 0.3) is 0 Å². The van der Waals surface area contributed by atoms with Gasteiger partial charge in [0, 0.05) is 0 Å². The number of nitrogens with one attached hydrogen (secondary N) is 1. The fourth-order valence-electron chi connectivity index (χ4n) is 3.11. The van der Waals surface area contributed by atoms with E-state index in [0.717, 1.165) is 25.3 Å². The number of esters is 1. The van der Waals surface area contributed by atoms with Gasteiger partial charge in [-0.25, -0.2) is 0 Å². The second-order valence-corrected chi connectivity index (χ2v) is 6.54. The van der Waals surface area contributed by atoms with Gasteiger partial charge in [-0.2, -0.15) is 0 Å². The highest BCUT2D eigenvalue weighted by Gasteiger charge is 2.35. The predicted octanol–water partition coefficient (Wildman–Crippen LogP) is 2.99. The van der Waals surface area contributed by atoms with E-state index in [0.29, 0.717) is 11.3 Å². The minimum absolute atomic E-state index is 0.101. The molecule has 1 N–H and O–H groups in total. The number of ether oxygens (including phenoxy) is 1. The number of rotatable bonds is 4. The van der Waals surface area contributed by atoms with E-state index in [2.05, 4.69) is 26.1 Å². The Balaban J connectivity index is 2.56. The SMILES string of the molecule is CCNC(C(=O)OC)C1CCC(C(C)(C)C)CC1. The third-order valence-electron chi connectivity index (χ3n) is 4.35. The van der Waals surface area contributed by atoms with Gasteiger partial charge in [-0.3, -0.25) is 4.79 Å². The number of methoxy groups -OCH3 is 1. The van der Waals surface area contributed by atoms with Gasteiger partial charge in [0.1, 0.15) is 6.04 Å². The number of carbonyl (C=O) groups is 1. The molecular weight excluding hydrogens is 226 g/mol. The minimum atomic E-state index is -0.110. The van der Waals surface area contributed by atoms with E-state index in [1.807, 2.05) is 6.92 Å². The lowest BCUT2D eigenvalue weighted by Gasteiger charge is -2.38. The van der Waals surface area contributed by atoms with Gasteiger partial charge in [-0.1, -0.05) is 27.7 Å². The lowest BCUT2D eigenvalue weighted by molar-refractivity contribution is -0.145. The Kier molecular flexibility index (Phi) is 5.64. The zero-order valence-electron chi connectivity index (χ0n) is 12.6. The molecule has 1 saturated carbocycles. The summed E-state index contributed by atoms with van der Waals surface area (Å²) in [7, 11) is 1.48. The van der Waals surface area contributed by atoms with Crippen LogP contribution in [0.5, 0.6) is 0 Å². The van der Waals surface area contributed by atoms with Crippen LogP contribution in [0, 0.1) is 17.3 Å². The van der Waals surface area contributed by atoms with E-state index in [-0.39, 0.29) is 12.0 Å². The van der Waals surface area contributed by atoms with Gasteiger partial charge in [-0.05, 0) is 49.5 Å². The summed E-state index contributed by atoms with van der Waals surface area (Å²) in [5.41, 5.74) is 0.393. The van der Waals surface area contributed by atoms with Gasteiger partial charge in [-0.15, -0.1) is 0 Å². The fourth-order valence-corrected chi connectivity index (χ4v) is 3.11. The van der Waals surface area contributed by atoms with Crippen molar-refractivity contribution < 1.29 is 9.53 Å². The molecule has 1 rings (SSSR count). The van der Waals surface area contributed by atoms with Gasteiger partial charge in [0.15, 0.2) is 0 Å². The third-order valence-corrected chi connectivity index (χ3v) is 4.35. The standard InChI is InChI=1S/C15H29NO2/c1-6-16-13(14(17)18-5)11-7-9-12(10-8-11)15(2,3)4/h11-13,16H,6-10H2,1-5H3. The summed E-state index contributed by atoms with van der Waals surface area (Å²) in [6.07, 6.45) is 4.73. The van der Waals surface area contributed by atoms with Gasteiger partial charge >= 0.3 is 5.97 Å².